The Morgan fingerprint density at radius 3 is 2.09 bits per heavy atom. The van der Waals surface area contributed by atoms with Gasteiger partial charge in [0.1, 0.15) is 17.7 Å². The smallest absolute Gasteiger partial charge is 0.415 e. The summed E-state index contributed by atoms with van der Waals surface area (Å²) >= 11 is 0. The molecule has 2 aromatic rings. The Hall–Kier alpha value is -3.55. The van der Waals surface area contributed by atoms with Gasteiger partial charge in [-0.05, 0) is 44.0 Å². The zero-order valence-corrected chi connectivity index (χ0v) is 19.6. The normalized spacial score (nSPS) is 18.2. The zero-order valence-electron chi connectivity index (χ0n) is 19.6. The number of ether oxygens (including phenoxy) is 3. The van der Waals surface area contributed by atoms with E-state index in [-0.39, 0.29) is 12.0 Å². The van der Waals surface area contributed by atoms with E-state index in [1.54, 1.807) is 20.8 Å². The number of carbonyl (C=O) groups excluding carboxylic acids is 3. The third kappa shape index (κ3) is 5.63. The van der Waals surface area contributed by atoms with Gasteiger partial charge in [0.2, 0.25) is 0 Å². The van der Waals surface area contributed by atoms with Crippen LogP contribution < -0.4 is 10.2 Å². The molecule has 0 spiro atoms. The van der Waals surface area contributed by atoms with Crippen LogP contribution in [0.1, 0.15) is 31.9 Å². The monoisotopic (exact) mass is 454 g/mol. The molecule has 0 bridgehead atoms. The van der Waals surface area contributed by atoms with E-state index in [0.717, 1.165) is 17.7 Å². The molecular formula is C25H30N2O6. The first-order valence-corrected chi connectivity index (χ1v) is 10.7. The number of anilines is 2. The van der Waals surface area contributed by atoms with Crippen molar-refractivity contribution in [1.29, 1.82) is 0 Å². The van der Waals surface area contributed by atoms with Gasteiger partial charge in [-0.15, -0.1) is 0 Å². The first-order chi connectivity index (χ1) is 15.6. The second-order valence-corrected chi connectivity index (χ2v) is 8.80. The Morgan fingerprint density at radius 2 is 1.48 bits per heavy atom. The minimum Gasteiger partial charge on any atom is -0.467 e. The molecule has 2 unspecified atom stereocenters. The number of hydrogen-bond donors (Lipinski definition) is 1. The molecule has 0 saturated heterocycles. The molecule has 0 aromatic heterocycles. The van der Waals surface area contributed by atoms with Crippen molar-refractivity contribution >= 4 is 29.4 Å². The summed E-state index contributed by atoms with van der Waals surface area (Å²) in [6, 6.07) is 14.5. The highest BCUT2D eigenvalue weighted by Gasteiger charge is 2.41. The molecular weight excluding hydrogens is 424 g/mol. The molecule has 4 rings (SSSR count). The van der Waals surface area contributed by atoms with Crippen LogP contribution >= 0.6 is 0 Å². The second-order valence-electron chi connectivity index (χ2n) is 8.80. The summed E-state index contributed by atoms with van der Waals surface area (Å²) in [5, 5.41) is 3.11. The van der Waals surface area contributed by atoms with Crippen LogP contribution in [0.4, 0.5) is 16.2 Å². The van der Waals surface area contributed by atoms with Crippen molar-refractivity contribution in [1.82, 2.24) is 0 Å². The van der Waals surface area contributed by atoms with Gasteiger partial charge in [0.05, 0.1) is 19.9 Å². The van der Waals surface area contributed by atoms with Crippen molar-refractivity contribution in [3.63, 3.8) is 0 Å². The number of carbonyl (C=O) groups is 3. The fraction of sp³-hybridized carbons (Fsp3) is 0.400. The van der Waals surface area contributed by atoms with Crippen LogP contribution in [0.3, 0.4) is 0 Å². The molecule has 0 fully saturated rings. The summed E-state index contributed by atoms with van der Waals surface area (Å²) < 4.78 is 14.8. The van der Waals surface area contributed by atoms with Crippen LogP contribution in [0.25, 0.3) is 0 Å². The Morgan fingerprint density at radius 1 is 0.879 bits per heavy atom. The third-order valence-corrected chi connectivity index (χ3v) is 5.30. The number of methoxy groups -OCH3 is 2. The molecule has 2 aromatic carbocycles. The Balaban J connectivity index is 0.000000203. The van der Waals surface area contributed by atoms with Crippen molar-refractivity contribution in [3.05, 3.63) is 59.7 Å². The molecule has 2 aliphatic heterocycles. The Bertz CT molecular complexity index is 1000. The summed E-state index contributed by atoms with van der Waals surface area (Å²) in [6.07, 6.45) is 0.642. The number of benzene rings is 2. The van der Waals surface area contributed by atoms with Gasteiger partial charge in [0.25, 0.3) is 0 Å². The first-order valence-electron chi connectivity index (χ1n) is 10.7. The lowest BCUT2D eigenvalue weighted by Gasteiger charge is -2.27. The SMILES string of the molecule is COC(=O)C1Cc2ccccc2N1.COC(=O)C1Cc2ccccc2N1C(=O)OC(C)(C)C. The van der Waals surface area contributed by atoms with Crippen LogP contribution in [0.5, 0.6) is 0 Å². The van der Waals surface area contributed by atoms with Gasteiger partial charge in [-0.2, -0.15) is 0 Å². The number of nitrogens with one attached hydrogen (secondary N) is 1. The summed E-state index contributed by atoms with van der Waals surface area (Å²) in [4.78, 5) is 36.8. The molecule has 0 radical (unpaired) electrons. The molecule has 33 heavy (non-hydrogen) atoms. The second kappa shape index (κ2) is 9.94. The maximum Gasteiger partial charge on any atom is 0.415 e. The lowest BCUT2D eigenvalue weighted by molar-refractivity contribution is -0.142. The van der Waals surface area contributed by atoms with Gasteiger partial charge in [-0.25, -0.2) is 14.4 Å². The van der Waals surface area contributed by atoms with Gasteiger partial charge in [0.15, 0.2) is 0 Å². The molecule has 8 nitrogen and oxygen atoms in total. The maximum absolute atomic E-state index is 12.4. The topological polar surface area (TPSA) is 94.2 Å². The Kier molecular flexibility index (Phi) is 7.26. The van der Waals surface area contributed by atoms with Crippen LogP contribution in [0, 0.1) is 0 Å². The number of hydrogen-bond acceptors (Lipinski definition) is 7. The van der Waals surface area contributed by atoms with E-state index in [1.807, 2.05) is 48.5 Å². The van der Waals surface area contributed by atoms with E-state index in [2.05, 4.69) is 10.1 Å². The number of rotatable bonds is 2. The van der Waals surface area contributed by atoms with Crippen molar-refractivity contribution in [3.8, 4) is 0 Å². The van der Waals surface area contributed by atoms with E-state index in [9.17, 15) is 14.4 Å². The standard InChI is InChI=1S/C15H19NO4.C10H11NO2/c1-15(2,3)20-14(18)16-11-8-6-5-7-10(11)9-12(16)13(17)19-4;1-13-10(12)9-6-7-4-2-3-5-8(7)11-9/h5-8,12H,9H2,1-4H3;2-5,9,11H,6H2,1H3. The Labute approximate surface area is 193 Å². The number of nitrogens with zero attached hydrogens (tertiary/aromatic N) is 1. The zero-order chi connectivity index (χ0) is 24.2. The van der Waals surface area contributed by atoms with Gasteiger partial charge < -0.3 is 19.5 Å². The van der Waals surface area contributed by atoms with Gasteiger partial charge in [-0.3, -0.25) is 4.90 Å². The quantitative estimate of drug-likeness (QED) is 0.546. The molecule has 2 atom stereocenters. The van der Waals surface area contributed by atoms with Crippen LogP contribution in [0.15, 0.2) is 48.5 Å². The molecule has 0 aliphatic carbocycles. The van der Waals surface area contributed by atoms with Crippen molar-refractivity contribution in [2.24, 2.45) is 0 Å². The van der Waals surface area contributed by atoms with E-state index in [1.165, 1.54) is 24.7 Å². The highest BCUT2D eigenvalue weighted by molar-refractivity contribution is 5.99. The number of amides is 1. The average molecular weight is 455 g/mol. The van der Waals surface area contributed by atoms with E-state index < -0.39 is 23.7 Å². The summed E-state index contributed by atoms with van der Waals surface area (Å²) in [5.41, 5.74) is 3.25. The predicted molar refractivity (Wildman–Crippen MR) is 124 cm³/mol. The number of para-hydroxylation sites is 2. The summed E-state index contributed by atoms with van der Waals surface area (Å²) in [6.45, 7) is 5.38. The third-order valence-electron chi connectivity index (χ3n) is 5.30. The van der Waals surface area contributed by atoms with Crippen molar-refractivity contribution in [2.75, 3.05) is 24.4 Å². The molecule has 0 saturated carbocycles. The molecule has 1 amide bonds. The first kappa shape index (κ1) is 24.1. The van der Waals surface area contributed by atoms with Crippen LogP contribution in [0.2, 0.25) is 0 Å². The van der Waals surface area contributed by atoms with Gasteiger partial charge in [-0.1, -0.05) is 36.4 Å². The minimum atomic E-state index is -0.660. The van der Waals surface area contributed by atoms with E-state index in [0.29, 0.717) is 12.1 Å². The lowest BCUT2D eigenvalue weighted by atomic mass is 10.1. The summed E-state index contributed by atoms with van der Waals surface area (Å²) in [7, 11) is 2.73. The fourth-order valence-corrected chi connectivity index (χ4v) is 3.83. The molecule has 176 valence electrons. The number of fused-ring (bicyclic) bond motifs is 2. The molecule has 1 N–H and O–H groups in total. The molecule has 8 heteroatoms. The van der Waals surface area contributed by atoms with E-state index in [4.69, 9.17) is 9.47 Å². The average Bonchev–Trinajstić information content (AvgIpc) is 3.39. The van der Waals surface area contributed by atoms with Gasteiger partial charge >= 0.3 is 18.0 Å². The van der Waals surface area contributed by atoms with Crippen molar-refractivity contribution in [2.45, 2.75) is 51.3 Å². The lowest BCUT2D eigenvalue weighted by Crippen LogP contribution is -2.45. The molecule has 2 heterocycles. The molecule has 2 aliphatic rings. The largest absolute Gasteiger partial charge is 0.467 e. The minimum absolute atomic E-state index is 0.198. The van der Waals surface area contributed by atoms with Crippen LogP contribution in [-0.4, -0.2) is 49.9 Å². The maximum atomic E-state index is 12.4. The highest BCUT2D eigenvalue weighted by atomic mass is 16.6. The van der Waals surface area contributed by atoms with Crippen LogP contribution in [-0.2, 0) is 36.6 Å². The van der Waals surface area contributed by atoms with Gasteiger partial charge in [0, 0.05) is 18.5 Å². The highest BCUT2D eigenvalue weighted by Crippen LogP contribution is 2.33. The predicted octanol–water partition coefficient (Wildman–Crippen LogP) is 3.72. The summed E-state index contributed by atoms with van der Waals surface area (Å²) in [5.74, 6) is -0.636. The fourth-order valence-electron chi connectivity index (χ4n) is 3.83. The van der Waals surface area contributed by atoms with E-state index >= 15 is 0 Å². The van der Waals surface area contributed by atoms with Crippen molar-refractivity contribution < 1.29 is 28.6 Å². The number of esters is 2.